The summed E-state index contributed by atoms with van der Waals surface area (Å²) in [4.78, 5) is 13.4. The van der Waals surface area contributed by atoms with Crippen LogP contribution in [0.4, 0.5) is 0 Å². The number of benzene rings is 1. The van der Waals surface area contributed by atoms with Crippen molar-refractivity contribution in [3.8, 4) is 0 Å². The quantitative estimate of drug-likeness (QED) is 0.236. The van der Waals surface area contributed by atoms with Crippen LogP contribution in [0.5, 0.6) is 0 Å². The summed E-state index contributed by atoms with van der Waals surface area (Å²) in [6.45, 7) is 9.09. The molecule has 1 saturated heterocycles. The van der Waals surface area contributed by atoms with Gasteiger partial charge in [0.2, 0.25) is 0 Å². The molecule has 0 unspecified atom stereocenters. The molecular weight excluding hydrogens is 567 g/mol. The Bertz CT molecular complexity index is 628. The Balaban J connectivity index is 0. The number of carboxylic acid groups (broad SMARTS) is 1. The fraction of sp³-hybridized carbons (Fsp3) is 0.611. The van der Waals surface area contributed by atoms with Crippen molar-refractivity contribution in [1.82, 2.24) is 20.9 Å². The first kappa shape index (κ1) is 36.5. The van der Waals surface area contributed by atoms with Crippen LogP contribution in [0.1, 0.15) is 28.8 Å². The molecular formula is C18H30Cl2CuN4O10. The summed E-state index contributed by atoms with van der Waals surface area (Å²) in [6.07, 6.45) is 2.27. The number of nitrogens with zero attached hydrogens (tertiary/aromatic N) is 1. The summed E-state index contributed by atoms with van der Waals surface area (Å²) >= 11 is 0. The van der Waals surface area contributed by atoms with Crippen molar-refractivity contribution in [2.75, 3.05) is 52.4 Å². The Morgan fingerprint density at radius 2 is 1.17 bits per heavy atom. The number of rotatable bonds is 3. The predicted octanol–water partition coefficient (Wildman–Crippen LogP) is -8.77. The summed E-state index contributed by atoms with van der Waals surface area (Å²) in [5, 5.41) is 19.4. The minimum absolute atomic E-state index is 0. The smallest absolute Gasteiger partial charge is 0.478 e. The first-order valence-electron chi connectivity index (χ1n) is 10.2. The molecule has 207 valence electrons. The van der Waals surface area contributed by atoms with Crippen molar-refractivity contribution >= 4 is 5.97 Å². The molecule has 1 aliphatic rings. The maximum absolute atomic E-state index is 10.9. The third-order valence-corrected chi connectivity index (χ3v) is 4.23. The van der Waals surface area contributed by atoms with Gasteiger partial charge in [-0.05, 0) is 56.7 Å². The van der Waals surface area contributed by atoms with E-state index in [9.17, 15) is 4.79 Å². The third kappa shape index (κ3) is 29.4. The fourth-order valence-corrected chi connectivity index (χ4v) is 2.84. The van der Waals surface area contributed by atoms with Crippen molar-refractivity contribution < 1.29 is 84.7 Å². The van der Waals surface area contributed by atoms with Gasteiger partial charge in [-0.25, -0.2) is 42.1 Å². The number of halogens is 2. The van der Waals surface area contributed by atoms with E-state index in [1.165, 1.54) is 5.56 Å². The Labute approximate surface area is 218 Å². The van der Waals surface area contributed by atoms with Gasteiger partial charge in [-0.3, -0.25) is 4.90 Å². The molecule has 0 aliphatic carbocycles. The van der Waals surface area contributed by atoms with Crippen molar-refractivity contribution in [2.45, 2.75) is 19.4 Å². The van der Waals surface area contributed by atoms with E-state index in [2.05, 4.69) is 20.9 Å². The molecule has 2 rings (SSSR count). The predicted molar refractivity (Wildman–Crippen MR) is 96.5 cm³/mol. The van der Waals surface area contributed by atoms with Crippen molar-refractivity contribution in [1.29, 1.82) is 0 Å². The topological polar surface area (TPSA) is 261 Å². The van der Waals surface area contributed by atoms with Crippen LogP contribution in [0, 0.1) is 20.5 Å². The zero-order chi connectivity index (χ0) is 26.0. The first-order chi connectivity index (χ1) is 15.8. The Morgan fingerprint density at radius 3 is 1.63 bits per heavy atom. The Hall–Kier alpha value is -0.691. The molecule has 0 aromatic heterocycles. The van der Waals surface area contributed by atoms with Gasteiger partial charge in [-0.2, -0.15) is 0 Å². The molecule has 0 spiro atoms. The molecule has 17 heteroatoms. The average molecular weight is 597 g/mol. The molecule has 14 nitrogen and oxygen atoms in total. The first-order valence-corrected chi connectivity index (χ1v) is 12.6. The van der Waals surface area contributed by atoms with E-state index in [1.807, 2.05) is 12.1 Å². The van der Waals surface area contributed by atoms with Crippen LogP contribution < -0.4 is 53.2 Å². The van der Waals surface area contributed by atoms with Gasteiger partial charge in [0, 0.05) is 32.7 Å². The number of nitrogens with one attached hydrogen (secondary N) is 3. The van der Waals surface area contributed by atoms with Gasteiger partial charge < -0.3 is 21.1 Å². The molecule has 1 radical (unpaired) electrons. The molecule has 0 amide bonds. The third-order valence-electron chi connectivity index (χ3n) is 4.23. The zero-order valence-electron chi connectivity index (χ0n) is 18.7. The second-order valence-corrected chi connectivity index (χ2v) is 8.50. The standard InChI is InChI=1S/C18H30N4O2.2ClHO4.Cu/c23-18(24)17-5-3-16(4-6-17)15-22-13-2-9-20-11-10-19-7-1-8-21-12-14-22;2*2-1(3,4)5;/h3-6,19-21H,1-2,7-15H2,(H,23,24);2*(H,2,3,4,5);/q;;;+2/p-2. The molecule has 35 heavy (non-hydrogen) atoms. The summed E-state index contributed by atoms with van der Waals surface area (Å²) in [5.41, 5.74) is 1.51. The second kappa shape index (κ2) is 20.4. The second-order valence-electron chi connectivity index (χ2n) is 6.99. The number of hydrogen-bond acceptors (Lipinski definition) is 13. The van der Waals surface area contributed by atoms with E-state index in [0.29, 0.717) is 5.56 Å². The van der Waals surface area contributed by atoms with Crippen LogP contribution in [-0.2, 0) is 23.6 Å². The number of aromatic carboxylic acids is 1. The maximum Gasteiger partial charge on any atom is 2.00 e. The van der Waals surface area contributed by atoms with E-state index in [1.54, 1.807) is 12.1 Å². The molecule has 0 bridgehead atoms. The summed E-state index contributed by atoms with van der Waals surface area (Å²) in [7, 11) is -9.89. The molecule has 1 aliphatic heterocycles. The van der Waals surface area contributed by atoms with Crippen LogP contribution in [0.25, 0.3) is 0 Å². The van der Waals surface area contributed by atoms with E-state index in [0.717, 1.165) is 71.7 Å². The van der Waals surface area contributed by atoms with Gasteiger partial charge in [0.1, 0.15) is 0 Å². The van der Waals surface area contributed by atoms with Crippen LogP contribution in [0.3, 0.4) is 0 Å². The summed E-state index contributed by atoms with van der Waals surface area (Å²) < 4.78 is 67.9. The van der Waals surface area contributed by atoms with Gasteiger partial charge in [0.25, 0.3) is 0 Å². The van der Waals surface area contributed by atoms with Crippen molar-refractivity contribution in [3.05, 3.63) is 35.4 Å². The number of carbonyl (C=O) groups is 1. The molecule has 1 aromatic carbocycles. The van der Waals surface area contributed by atoms with Crippen LogP contribution in [-0.4, -0.2) is 68.3 Å². The zero-order valence-corrected chi connectivity index (χ0v) is 21.2. The summed E-state index contributed by atoms with van der Waals surface area (Å²) in [5.74, 6) is -0.871. The van der Waals surface area contributed by atoms with Gasteiger partial charge in [-0.1, -0.05) is 12.1 Å². The van der Waals surface area contributed by atoms with E-state index < -0.39 is 26.5 Å². The van der Waals surface area contributed by atoms with Gasteiger partial charge in [-0.15, -0.1) is 20.5 Å². The van der Waals surface area contributed by atoms with E-state index >= 15 is 0 Å². The van der Waals surface area contributed by atoms with E-state index in [-0.39, 0.29) is 17.1 Å². The van der Waals surface area contributed by atoms with E-state index in [4.69, 9.17) is 42.4 Å². The van der Waals surface area contributed by atoms with Crippen molar-refractivity contribution in [3.63, 3.8) is 0 Å². The Kier molecular flexibility index (Phi) is 21.2. The number of carboxylic acids is 1. The van der Waals surface area contributed by atoms with Crippen LogP contribution in [0.2, 0.25) is 0 Å². The molecule has 1 aromatic rings. The van der Waals surface area contributed by atoms with Gasteiger partial charge in [0.05, 0.1) is 5.56 Å². The molecule has 1 heterocycles. The van der Waals surface area contributed by atoms with Gasteiger partial charge >= 0.3 is 23.0 Å². The minimum atomic E-state index is -4.94. The average Bonchev–Trinajstić information content (AvgIpc) is 2.69. The maximum atomic E-state index is 10.9. The van der Waals surface area contributed by atoms with Crippen LogP contribution >= 0.6 is 0 Å². The normalized spacial score (nSPS) is 16.8. The van der Waals surface area contributed by atoms with Gasteiger partial charge in [0.15, 0.2) is 0 Å². The SMILES string of the molecule is O=C(O)c1ccc(CN2CCCNCCNCCCNCC2)cc1.[Cu+2].[O-][Cl+3]([O-])([O-])[O-].[O-][Cl+3]([O-])([O-])[O-]. The summed E-state index contributed by atoms with van der Waals surface area (Å²) in [6, 6.07) is 7.22. The molecule has 4 N–H and O–H groups in total. The van der Waals surface area contributed by atoms with Crippen LogP contribution in [0.15, 0.2) is 24.3 Å². The number of hydrogen-bond donors (Lipinski definition) is 4. The molecule has 1 fully saturated rings. The molecule has 0 atom stereocenters. The fourth-order valence-electron chi connectivity index (χ4n) is 2.84. The monoisotopic (exact) mass is 595 g/mol. The van der Waals surface area contributed by atoms with Crippen molar-refractivity contribution in [2.24, 2.45) is 0 Å². The minimum Gasteiger partial charge on any atom is -0.478 e. The largest absolute Gasteiger partial charge is 2.00 e. The Morgan fingerprint density at radius 1 is 0.743 bits per heavy atom. The molecule has 0 saturated carbocycles.